The van der Waals surface area contributed by atoms with Crippen molar-refractivity contribution in [3.63, 3.8) is 0 Å². The maximum absolute atomic E-state index is 14.8. The average Bonchev–Trinajstić information content (AvgIpc) is 3.20. The second kappa shape index (κ2) is 7.99. The van der Waals surface area contributed by atoms with E-state index in [-0.39, 0.29) is 29.5 Å². The number of hydrogen-bond donors (Lipinski definition) is 1. The van der Waals surface area contributed by atoms with E-state index >= 15 is 0 Å². The number of fused-ring (bicyclic) bond motifs is 2. The number of likely N-dealkylation sites (tertiary alicyclic amines) is 1. The molecule has 5 rings (SSSR count). The Bertz CT molecular complexity index is 1310. The van der Waals surface area contributed by atoms with Crippen LogP contribution >= 0.6 is 0 Å². The third-order valence-corrected chi connectivity index (χ3v) is 6.57. The van der Waals surface area contributed by atoms with E-state index in [1.165, 1.54) is 4.90 Å². The number of carbonyl (C=O) groups is 1. The number of carbonyl (C=O) groups excluding carboxylic acids is 1. The Labute approximate surface area is 196 Å². The van der Waals surface area contributed by atoms with Gasteiger partial charge in [-0.1, -0.05) is 6.92 Å². The maximum Gasteiger partial charge on any atom is 0.417 e. The zero-order valence-electron chi connectivity index (χ0n) is 18.7. The monoisotopic (exact) mass is 493 g/mol. The molecule has 1 aromatic carbocycles. The van der Waals surface area contributed by atoms with Crippen molar-refractivity contribution in [3.05, 3.63) is 59.6 Å². The fourth-order valence-electron chi connectivity index (χ4n) is 5.31. The number of nitrogens with zero attached hydrogens (tertiary/aromatic N) is 4. The lowest BCUT2D eigenvalue weighted by atomic mass is 9.64. The minimum absolute atomic E-state index is 0.171. The number of benzene rings is 1. The third kappa shape index (κ3) is 3.90. The van der Waals surface area contributed by atoms with Crippen molar-refractivity contribution in [2.24, 2.45) is 5.92 Å². The van der Waals surface area contributed by atoms with E-state index in [0.29, 0.717) is 25.2 Å². The summed E-state index contributed by atoms with van der Waals surface area (Å²) in [6, 6.07) is 1.11. The number of aryl methyl sites for hydroxylation is 1. The highest BCUT2D eigenvalue weighted by atomic mass is 19.4. The van der Waals surface area contributed by atoms with Gasteiger partial charge in [0.15, 0.2) is 0 Å². The highest BCUT2D eigenvalue weighted by molar-refractivity contribution is 5.92. The normalized spacial score (nSPS) is 23.7. The number of alkyl halides is 3. The Kier molecular flexibility index (Phi) is 5.29. The van der Waals surface area contributed by atoms with Gasteiger partial charge in [-0.15, -0.1) is 10.2 Å². The van der Waals surface area contributed by atoms with E-state index in [1.807, 2.05) is 6.92 Å². The van der Waals surface area contributed by atoms with Crippen LogP contribution in [-0.4, -0.2) is 32.2 Å². The Morgan fingerprint density at radius 2 is 1.94 bits per heavy atom. The number of halogens is 5. The van der Waals surface area contributed by atoms with Gasteiger partial charge in [-0.3, -0.25) is 4.98 Å². The van der Waals surface area contributed by atoms with E-state index in [1.54, 1.807) is 6.92 Å². The summed E-state index contributed by atoms with van der Waals surface area (Å²) in [5.41, 5.74) is -3.38. The van der Waals surface area contributed by atoms with E-state index < -0.39 is 46.2 Å². The molecule has 1 unspecified atom stereocenters. The molecule has 2 fully saturated rings. The van der Waals surface area contributed by atoms with E-state index in [2.05, 4.69) is 20.5 Å². The average molecular weight is 493 g/mol. The van der Waals surface area contributed by atoms with Gasteiger partial charge in [0, 0.05) is 31.1 Å². The summed E-state index contributed by atoms with van der Waals surface area (Å²) in [7, 11) is 0. The summed E-state index contributed by atoms with van der Waals surface area (Å²) in [5.74, 6) is -1.27. The molecule has 3 atom stereocenters. The van der Waals surface area contributed by atoms with Crippen molar-refractivity contribution in [3.8, 4) is 11.1 Å². The zero-order valence-corrected chi connectivity index (χ0v) is 18.7. The predicted molar refractivity (Wildman–Crippen MR) is 113 cm³/mol. The molecule has 3 heterocycles. The quantitative estimate of drug-likeness (QED) is 0.476. The van der Waals surface area contributed by atoms with Gasteiger partial charge in [0.25, 0.3) is 0 Å². The van der Waals surface area contributed by atoms with Gasteiger partial charge in [0.1, 0.15) is 17.2 Å². The topological polar surface area (TPSA) is 84.2 Å². The van der Waals surface area contributed by atoms with Crippen LogP contribution in [0.4, 0.5) is 32.4 Å². The van der Waals surface area contributed by atoms with Gasteiger partial charge in [-0.2, -0.15) is 13.2 Å². The molecule has 0 spiro atoms. The Balaban J connectivity index is 1.51. The lowest BCUT2D eigenvalue weighted by molar-refractivity contribution is -0.137. The molecule has 7 nitrogen and oxygen atoms in total. The van der Waals surface area contributed by atoms with E-state index in [9.17, 15) is 26.7 Å². The molecule has 3 aromatic rings. The summed E-state index contributed by atoms with van der Waals surface area (Å²) in [4.78, 5) is 18.4. The van der Waals surface area contributed by atoms with Gasteiger partial charge in [-0.25, -0.2) is 13.6 Å². The summed E-state index contributed by atoms with van der Waals surface area (Å²) >= 11 is 0. The minimum Gasteiger partial charge on any atom is -0.423 e. The summed E-state index contributed by atoms with van der Waals surface area (Å²) < 4.78 is 75.0. The fourth-order valence-corrected chi connectivity index (χ4v) is 5.31. The van der Waals surface area contributed by atoms with E-state index in [4.69, 9.17) is 4.42 Å². The highest BCUT2D eigenvalue weighted by Gasteiger charge is 2.62. The number of piperidine rings is 1. The molecule has 1 aliphatic carbocycles. The van der Waals surface area contributed by atoms with Crippen LogP contribution in [0.3, 0.4) is 0 Å². The molecule has 1 N–H and O–H groups in total. The van der Waals surface area contributed by atoms with Crippen LogP contribution in [0.5, 0.6) is 0 Å². The number of anilines is 1. The first-order chi connectivity index (χ1) is 16.5. The van der Waals surface area contributed by atoms with E-state index in [0.717, 1.165) is 24.5 Å². The van der Waals surface area contributed by atoms with Crippen molar-refractivity contribution in [1.29, 1.82) is 0 Å². The van der Waals surface area contributed by atoms with Crippen molar-refractivity contribution in [1.82, 2.24) is 20.1 Å². The molecule has 2 aromatic heterocycles. The number of rotatable bonds is 3. The number of nitrogens with one attached hydrogen (secondary N) is 1. The van der Waals surface area contributed by atoms with Gasteiger partial charge >= 0.3 is 12.2 Å². The highest BCUT2D eigenvalue weighted by Crippen LogP contribution is 2.55. The number of urea groups is 1. The third-order valence-electron chi connectivity index (χ3n) is 6.57. The second-order valence-electron chi connectivity index (χ2n) is 9.13. The van der Waals surface area contributed by atoms with Gasteiger partial charge < -0.3 is 14.6 Å². The van der Waals surface area contributed by atoms with Gasteiger partial charge in [0.2, 0.25) is 11.8 Å². The van der Waals surface area contributed by atoms with Crippen LogP contribution in [0, 0.1) is 24.5 Å². The van der Waals surface area contributed by atoms with Crippen LogP contribution in [0.15, 0.2) is 35.0 Å². The molecule has 35 heavy (non-hydrogen) atoms. The van der Waals surface area contributed by atoms with Crippen LogP contribution in [0.25, 0.3) is 11.1 Å². The van der Waals surface area contributed by atoms with Crippen LogP contribution in [-0.2, 0) is 11.7 Å². The predicted octanol–water partition coefficient (Wildman–Crippen LogP) is 5.67. The Hall–Kier alpha value is -3.57. The minimum atomic E-state index is -4.92. The number of pyridine rings is 1. The van der Waals surface area contributed by atoms with Gasteiger partial charge in [-0.05, 0) is 42.5 Å². The molecule has 1 saturated carbocycles. The lowest BCUT2D eigenvalue weighted by Crippen LogP contribution is -2.70. The maximum atomic E-state index is 14.8. The second-order valence-corrected chi connectivity index (χ2v) is 9.13. The van der Waals surface area contributed by atoms with Crippen LogP contribution < -0.4 is 5.32 Å². The Morgan fingerprint density at radius 1 is 1.17 bits per heavy atom. The van der Waals surface area contributed by atoms with Crippen LogP contribution in [0.1, 0.15) is 43.5 Å². The van der Waals surface area contributed by atoms with Crippen LogP contribution in [0.2, 0.25) is 0 Å². The number of hydrogen-bond acceptors (Lipinski definition) is 5. The molecule has 2 aliphatic rings. The van der Waals surface area contributed by atoms with Crippen molar-refractivity contribution in [2.75, 3.05) is 5.32 Å². The molecule has 0 radical (unpaired) electrons. The molecule has 2 amide bonds. The molecule has 2 bridgehead atoms. The summed E-state index contributed by atoms with van der Waals surface area (Å²) in [5, 5.41) is 10.3. The largest absolute Gasteiger partial charge is 0.423 e. The zero-order chi connectivity index (χ0) is 25.1. The molecule has 184 valence electrons. The SMILES string of the molecule is Cc1nnc(C23C[C@H](C)C[C@H](C2)N3C(=O)Nc2cc(-c3cncc(F)c3)c(C(F)(F)F)cc2F)o1. The van der Waals surface area contributed by atoms with Crippen molar-refractivity contribution in [2.45, 2.75) is 50.9 Å². The molecular weight excluding hydrogens is 473 g/mol. The number of amides is 2. The van der Waals surface area contributed by atoms with Crippen molar-refractivity contribution >= 4 is 11.7 Å². The number of aromatic nitrogens is 3. The molecule has 1 aliphatic heterocycles. The molecule has 12 heteroatoms. The molecular formula is C23H20F5N5O2. The first-order valence-electron chi connectivity index (χ1n) is 10.9. The summed E-state index contributed by atoms with van der Waals surface area (Å²) in [6.45, 7) is 3.66. The first kappa shape index (κ1) is 23.2. The smallest absolute Gasteiger partial charge is 0.417 e. The first-order valence-corrected chi connectivity index (χ1v) is 10.9. The summed E-state index contributed by atoms with van der Waals surface area (Å²) in [6.07, 6.45) is -1.21. The fraction of sp³-hybridized carbons (Fsp3) is 0.391. The van der Waals surface area contributed by atoms with Crippen molar-refractivity contribution < 1.29 is 31.2 Å². The Morgan fingerprint density at radius 3 is 2.60 bits per heavy atom. The standard InChI is InChI=1S/C23H20F5N5O2/c1-11-3-15-8-22(7-11,20-32-31-12(2)35-20)33(15)21(34)30-19-5-16(13-4-14(24)10-29-9-13)17(6-18(19)25)23(26,27)28/h4-6,9-11,15H,3,7-8H2,1-2H3,(H,30,34)/t11-,15-,22?/m1/s1. The molecule has 1 saturated heterocycles. The van der Waals surface area contributed by atoms with Gasteiger partial charge in [0.05, 0.1) is 17.4 Å². The lowest BCUT2D eigenvalue weighted by Gasteiger charge is -2.61.